The summed E-state index contributed by atoms with van der Waals surface area (Å²) in [6.45, 7) is 0. The molecular formula is C15H15BrN2O3. The number of rotatable bonds is 2. The SMILES string of the molecule is O=c1[nH]c(=O)n(C2CCCC2)c(O)c1-c1ccccc1Br. The normalized spacial score (nSPS) is 15.5. The van der Waals surface area contributed by atoms with Crippen LogP contribution in [0.15, 0.2) is 38.3 Å². The zero-order valence-corrected chi connectivity index (χ0v) is 12.9. The molecule has 6 heteroatoms. The van der Waals surface area contributed by atoms with E-state index in [-0.39, 0.29) is 17.5 Å². The molecule has 110 valence electrons. The maximum Gasteiger partial charge on any atom is 0.331 e. The number of aromatic nitrogens is 2. The van der Waals surface area contributed by atoms with Crippen LogP contribution in [0, 0.1) is 0 Å². The number of hydrogen-bond donors (Lipinski definition) is 2. The monoisotopic (exact) mass is 350 g/mol. The number of hydrogen-bond acceptors (Lipinski definition) is 3. The lowest BCUT2D eigenvalue weighted by molar-refractivity contribution is 0.365. The molecule has 1 aliphatic rings. The molecule has 3 rings (SSSR count). The van der Waals surface area contributed by atoms with Gasteiger partial charge in [-0.25, -0.2) is 4.79 Å². The van der Waals surface area contributed by atoms with Crippen molar-refractivity contribution in [1.29, 1.82) is 0 Å². The summed E-state index contributed by atoms with van der Waals surface area (Å²) in [5, 5.41) is 10.5. The van der Waals surface area contributed by atoms with E-state index in [1.165, 1.54) is 4.57 Å². The van der Waals surface area contributed by atoms with Gasteiger partial charge in [0.2, 0.25) is 5.88 Å². The third-order valence-electron chi connectivity index (χ3n) is 3.95. The smallest absolute Gasteiger partial charge is 0.331 e. The van der Waals surface area contributed by atoms with Crippen LogP contribution in [0.3, 0.4) is 0 Å². The van der Waals surface area contributed by atoms with Gasteiger partial charge < -0.3 is 5.11 Å². The van der Waals surface area contributed by atoms with Crippen LogP contribution >= 0.6 is 15.9 Å². The van der Waals surface area contributed by atoms with Crippen LogP contribution in [-0.2, 0) is 0 Å². The van der Waals surface area contributed by atoms with Crippen LogP contribution in [0.4, 0.5) is 0 Å². The Hall–Kier alpha value is -1.82. The Bertz CT molecular complexity index is 788. The van der Waals surface area contributed by atoms with Crippen molar-refractivity contribution in [3.05, 3.63) is 49.6 Å². The van der Waals surface area contributed by atoms with Crippen LogP contribution in [-0.4, -0.2) is 14.7 Å². The minimum absolute atomic E-state index is 0.0458. The molecular weight excluding hydrogens is 336 g/mol. The van der Waals surface area contributed by atoms with Gasteiger partial charge in [-0.2, -0.15) is 0 Å². The van der Waals surface area contributed by atoms with Crippen molar-refractivity contribution in [2.24, 2.45) is 0 Å². The van der Waals surface area contributed by atoms with Gasteiger partial charge in [-0.05, 0) is 18.9 Å². The predicted octanol–water partition coefficient (Wildman–Crippen LogP) is 2.79. The summed E-state index contributed by atoms with van der Waals surface area (Å²) >= 11 is 3.38. The zero-order chi connectivity index (χ0) is 15.0. The fourth-order valence-corrected chi connectivity index (χ4v) is 3.43. The number of nitrogens with one attached hydrogen (secondary N) is 1. The molecule has 1 fully saturated rings. The molecule has 1 aliphatic carbocycles. The number of H-pyrrole nitrogens is 1. The molecule has 0 saturated heterocycles. The lowest BCUT2D eigenvalue weighted by atomic mass is 10.1. The van der Waals surface area contributed by atoms with Crippen molar-refractivity contribution >= 4 is 15.9 Å². The van der Waals surface area contributed by atoms with Gasteiger partial charge in [0.25, 0.3) is 5.56 Å². The van der Waals surface area contributed by atoms with E-state index in [4.69, 9.17) is 0 Å². The quantitative estimate of drug-likeness (QED) is 0.874. The number of aromatic amines is 1. The highest BCUT2D eigenvalue weighted by molar-refractivity contribution is 9.10. The number of nitrogens with zero attached hydrogens (tertiary/aromatic N) is 1. The molecule has 1 saturated carbocycles. The van der Waals surface area contributed by atoms with Crippen LogP contribution in [0.2, 0.25) is 0 Å². The molecule has 2 aromatic rings. The van der Waals surface area contributed by atoms with E-state index in [9.17, 15) is 14.7 Å². The van der Waals surface area contributed by atoms with Gasteiger partial charge in [-0.15, -0.1) is 0 Å². The molecule has 0 amide bonds. The Labute approximate surface area is 129 Å². The molecule has 2 N–H and O–H groups in total. The molecule has 0 atom stereocenters. The standard InChI is InChI=1S/C15H15BrN2O3/c16-11-8-4-3-7-10(11)12-13(19)17-15(21)18(14(12)20)9-5-1-2-6-9/h3-4,7-9,20H,1-2,5-6H2,(H,17,19,21). The van der Waals surface area contributed by atoms with Crippen LogP contribution in [0.25, 0.3) is 11.1 Å². The van der Waals surface area contributed by atoms with E-state index in [1.54, 1.807) is 18.2 Å². The van der Waals surface area contributed by atoms with Crippen molar-refractivity contribution in [3.8, 4) is 17.0 Å². The lowest BCUT2D eigenvalue weighted by Crippen LogP contribution is -2.32. The minimum Gasteiger partial charge on any atom is -0.494 e. The summed E-state index contributed by atoms with van der Waals surface area (Å²) in [6.07, 6.45) is 3.74. The average Bonchev–Trinajstić information content (AvgIpc) is 2.94. The summed E-state index contributed by atoms with van der Waals surface area (Å²) in [5.74, 6) is -0.248. The molecule has 0 radical (unpaired) electrons. The molecule has 1 aromatic carbocycles. The summed E-state index contributed by atoms with van der Waals surface area (Å²) < 4.78 is 2.02. The van der Waals surface area contributed by atoms with Gasteiger partial charge in [0.05, 0.1) is 0 Å². The Kier molecular flexibility index (Phi) is 3.71. The van der Waals surface area contributed by atoms with E-state index in [2.05, 4.69) is 20.9 Å². The first-order valence-electron chi connectivity index (χ1n) is 6.92. The summed E-state index contributed by atoms with van der Waals surface area (Å²) in [6, 6.07) is 7.09. The van der Waals surface area contributed by atoms with E-state index in [0.717, 1.165) is 25.7 Å². The largest absolute Gasteiger partial charge is 0.494 e. The van der Waals surface area contributed by atoms with Crippen molar-refractivity contribution in [1.82, 2.24) is 9.55 Å². The lowest BCUT2D eigenvalue weighted by Gasteiger charge is -2.17. The molecule has 0 unspecified atom stereocenters. The predicted molar refractivity (Wildman–Crippen MR) is 83.6 cm³/mol. The topological polar surface area (TPSA) is 75.1 Å². The van der Waals surface area contributed by atoms with Crippen molar-refractivity contribution in [2.45, 2.75) is 31.7 Å². The Morgan fingerprint density at radius 1 is 1.19 bits per heavy atom. The van der Waals surface area contributed by atoms with Crippen LogP contribution in [0.5, 0.6) is 5.88 Å². The molecule has 0 aliphatic heterocycles. The number of benzene rings is 1. The van der Waals surface area contributed by atoms with E-state index in [0.29, 0.717) is 10.0 Å². The van der Waals surface area contributed by atoms with Crippen LogP contribution < -0.4 is 11.2 Å². The first-order valence-corrected chi connectivity index (χ1v) is 7.71. The highest BCUT2D eigenvalue weighted by atomic mass is 79.9. The fraction of sp³-hybridized carbons (Fsp3) is 0.333. The van der Waals surface area contributed by atoms with Gasteiger partial charge in [0.1, 0.15) is 5.56 Å². The van der Waals surface area contributed by atoms with Crippen molar-refractivity contribution < 1.29 is 5.11 Å². The maximum atomic E-state index is 12.1. The number of halogens is 1. The summed E-state index contributed by atoms with van der Waals surface area (Å²) in [4.78, 5) is 26.5. The Morgan fingerprint density at radius 2 is 1.86 bits per heavy atom. The maximum absolute atomic E-state index is 12.1. The summed E-state index contributed by atoms with van der Waals surface area (Å²) in [7, 11) is 0. The molecule has 5 nitrogen and oxygen atoms in total. The second kappa shape index (κ2) is 5.52. The van der Waals surface area contributed by atoms with Gasteiger partial charge in [0.15, 0.2) is 0 Å². The Balaban J connectivity index is 2.27. The molecule has 1 aromatic heterocycles. The molecule has 0 spiro atoms. The third kappa shape index (κ3) is 2.44. The van der Waals surface area contributed by atoms with Gasteiger partial charge >= 0.3 is 5.69 Å². The molecule has 1 heterocycles. The van der Waals surface area contributed by atoms with Crippen molar-refractivity contribution in [2.75, 3.05) is 0 Å². The van der Waals surface area contributed by atoms with Gasteiger partial charge in [0, 0.05) is 16.1 Å². The first kappa shape index (κ1) is 14.1. The van der Waals surface area contributed by atoms with E-state index >= 15 is 0 Å². The zero-order valence-electron chi connectivity index (χ0n) is 11.3. The number of aromatic hydroxyl groups is 1. The minimum atomic E-state index is -0.571. The molecule has 0 bridgehead atoms. The highest BCUT2D eigenvalue weighted by Crippen LogP contribution is 2.35. The fourth-order valence-electron chi connectivity index (χ4n) is 2.95. The van der Waals surface area contributed by atoms with Crippen molar-refractivity contribution in [3.63, 3.8) is 0 Å². The second-order valence-corrected chi connectivity index (χ2v) is 6.10. The first-order chi connectivity index (χ1) is 10.1. The average molecular weight is 351 g/mol. The Morgan fingerprint density at radius 3 is 2.52 bits per heavy atom. The van der Waals surface area contributed by atoms with Gasteiger partial charge in [-0.3, -0.25) is 14.3 Å². The highest BCUT2D eigenvalue weighted by Gasteiger charge is 2.25. The van der Waals surface area contributed by atoms with E-state index in [1.807, 2.05) is 6.07 Å². The third-order valence-corrected chi connectivity index (χ3v) is 4.64. The van der Waals surface area contributed by atoms with Crippen LogP contribution in [0.1, 0.15) is 31.7 Å². The van der Waals surface area contributed by atoms with Gasteiger partial charge in [-0.1, -0.05) is 47.0 Å². The van der Waals surface area contributed by atoms with E-state index < -0.39 is 11.2 Å². The summed E-state index contributed by atoms with van der Waals surface area (Å²) in [5.41, 5.74) is -0.407. The molecule has 21 heavy (non-hydrogen) atoms. The second-order valence-electron chi connectivity index (χ2n) is 5.25.